The summed E-state index contributed by atoms with van der Waals surface area (Å²) < 4.78 is 7.47. The summed E-state index contributed by atoms with van der Waals surface area (Å²) in [6.07, 6.45) is 2.64. The summed E-state index contributed by atoms with van der Waals surface area (Å²) in [6.45, 7) is 1.97. The van der Waals surface area contributed by atoms with Gasteiger partial charge in [-0.2, -0.15) is 10.2 Å². The fourth-order valence-corrected chi connectivity index (χ4v) is 2.04. The average Bonchev–Trinajstić information content (AvgIpc) is 3.13. The van der Waals surface area contributed by atoms with Crippen LogP contribution in [0.1, 0.15) is 34.2 Å². The van der Waals surface area contributed by atoms with Crippen LogP contribution in [0.25, 0.3) is 0 Å². The highest BCUT2D eigenvalue weighted by molar-refractivity contribution is 6.00. The first-order chi connectivity index (χ1) is 11.4. The van der Waals surface area contributed by atoms with Gasteiger partial charge in [0.2, 0.25) is 5.91 Å². The molecule has 0 aliphatic rings. The molecule has 10 nitrogen and oxygen atoms in total. The predicted octanol–water partition coefficient (Wildman–Crippen LogP) is 0.520. The zero-order valence-corrected chi connectivity index (χ0v) is 13.2. The maximum atomic E-state index is 12.1. The Kier molecular flexibility index (Phi) is 5.30. The van der Waals surface area contributed by atoms with Gasteiger partial charge in [0.25, 0.3) is 0 Å². The first kappa shape index (κ1) is 17.2. The zero-order chi connectivity index (χ0) is 17.7. The molecule has 0 aliphatic heterocycles. The van der Waals surface area contributed by atoms with Crippen LogP contribution >= 0.6 is 0 Å². The van der Waals surface area contributed by atoms with Crippen molar-refractivity contribution in [3.05, 3.63) is 29.7 Å². The van der Waals surface area contributed by atoms with Gasteiger partial charge >= 0.3 is 11.9 Å². The molecule has 0 aliphatic carbocycles. The third-order valence-electron chi connectivity index (χ3n) is 3.18. The molecule has 24 heavy (non-hydrogen) atoms. The van der Waals surface area contributed by atoms with Crippen molar-refractivity contribution in [2.75, 3.05) is 11.9 Å². The number of aromatic nitrogens is 4. The summed E-state index contributed by atoms with van der Waals surface area (Å²) in [5, 5.41) is 19.4. The van der Waals surface area contributed by atoms with E-state index in [-0.39, 0.29) is 36.6 Å². The number of amides is 1. The summed E-state index contributed by atoms with van der Waals surface area (Å²) in [6, 6.07) is 1.35. The minimum atomic E-state index is -1.12. The maximum absolute atomic E-state index is 12.1. The second-order valence-electron chi connectivity index (χ2n) is 4.79. The van der Waals surface area contributed by atoms with E-state index >= 15 is 0 Å². The topological polar surface area (TPSA) is 128 Å². The van der Waals surface area contributed by atoms with E-state index in [1.165, 1.54) is 27.8 Å². The van der Waals surface area contributed by atoms with Gasteiger partial charge in [0.15, 0.2) is 0 Å². The number of esters is 1. The molecule has 128 valence electrons. The maximum Gasteiger partial charge on any atom is 0.354 e. The normalized spacial score (nSPS) is 10.4. The standard InChI is InChI=1S/C14H17N5O5/c1-3-24-14(23)9-8-16-18(2)12(9)17-11(20)5-7-19-10(13(21)22)4-6-15-19/h4,6,8H,3,5,7H2,1-2H3,(H,17,20)(H,21,22). The smallest absolute Gasteiger partial charge is 0.354 e. The molecule has 2 aromatic heterocycles. The Balaban J connectivity index is 2.03. The van der Waals surface area contributed by atoms with Crippen LogP contribution in [-0.2, 0) is 23.1 Å². The Morgan fingerprint density at radius 1 is 1.33 bits per heavy atom. The van der Waals surface area contributed by atoms with Crippen molar-refractivity contribution in [3.63, 3.8) is 0 Å². The van der Waals surface area contributed by atoms with E-state index in [0.29, 0.717) is 0 Å². The molecular formula is C14H17N5O5. The molecule has 2 N–H and O–H groups in total. The number of carboxylic acid groups (broad SMARTS) is 1. The quantitative estimate of drug-likeness (QED) is 0.706. The highest BCUT2D eigenvalue weighted by Gasteiger charge is 2.19. The number of anilines is 1. The van der Waals surface area contributed by atoms with Gasteiger partial charge in [0.1, 0.15) is 17.1 Å². The van der Waals surface area contributed by atoms with Crippen LogP contribution in [0.5, 0.6) is 0 Å². The van der Waals surface area contributed by atoms with Crippen LogP contribution in [0, 0.1) is 0 Å². The van der Waals surface area contributed by atoms with Crippen LogP contribution < -0.4 is 5.32 Å². The van der Waals surface area contributed by atoms with Gasteiger partial charge in [-0.25, -0.2) is 9.59 Å². The molecule has 0 aromatic carbocycles. The summed E-state index contributed by atoms with van der Waals surface area (Å²) in [5.74, 6) is -1.89. The molecule has 0 fully saturated rings. The fourth-order valence-electron chi connectivity index (χ4n) is 2.04. The Bertz CT molecular complexity index is 763. The number of nitrogens with zero attached hydrogens (tertiary/aromatic N) is 4. The molecule has 0 unspecified atom stereocenters. The van der Waals surface area contributed by atoms with Crippen LogP contribution in [0.3, 0.4) is 0 Å². The van der Waals surface area contributed by atoms with E-state index in [1.807, 2.05) is 0 Å². The molecule has 0 spiro atoms. The van der Waals surface area contributed by atoms with Crippen molar-refractivity contribution in [2.24, 2.45) is 7.05 Å². The lowest BCUT2D eigenvalue weighted by atomic mass is 10.3. The molecule has 0 atom stereocenters. The Labute approximate surface area is 137 Å². The van der Waals surface area contributed by atoms with Gasteiger partial charge in [-0.1, -0.05) is 0 Å². The Morgan fingerprint density at radius 2 is 2.08 bits per heavy atom. The van der Waals surface area contributed by atoms with Gasteiger partial charge in [0.05, 0.1) is 19.3 Å². The number of aryl methyl sites for hydroxylation is 2. The van der Waals surface area contributed by atoms with E-state index in [9.17, 15) is 14.4 Å². The van der Waals surface area contributed by atoms with Gasteiger partial charge in [-0.15, -0.1) is 0 Å². The van der Waals surface area contributed by atoms with Crippen LogP contribution in [0.4, 0.5) is 5.82 Å². The fraction of sp³-hybridized carbons (Fsp3) is 0.357. The number of aromatic carboxylic acids is 1. The molecule has 1 amide bonds. The number of hydrogen-bond donors (Lipinski definition) is 2. The van der Waals surface area contributed by atoms with E-state index in [0.717, 1.165) is 0 Å². The first-order valence-electron chi connectivity index (χ1n) is 7.18. The number of carbonyl (C=O) groups is 3. The zero-order valence-electron chi connectivity index (χ0n) is 13.2. The van der Waals surface area contributed by atoms with Crippen molar-refractivity contribution >= 4 is 23.7 Å². The minimum absolute atomic E-state index is 0.00412. The van der Waals surface area contributed by atoms with Crippen molar-refractivity contribution < 1.29 is 24.2 Å². The number of carboxylic acids is 1. The number of nitrogens with one attached hydrogen (secondary N) is 1. The molecule has 0 bridgehead atoms. The molecular weight excluding hydrogens is 318 g/mol. The lowest BCUT2D eigenvalue weighted by molar-refractivity contribution is -0.116. The second kappa shape index (κ2) is 7.40. The van der Waals surface area contributed by atoms with E-state index in [2.05, 4.69) is 15.5 Å². The van der Waals surface area contributed by atoms with Crippen LogP contribution in [-0.4, -0.2) is 49.1 Å². The molecule has 2 aromatic rings. The van der Waals surface area contributed by atoms with Gasteiger partial charge < -0.3 is 15.2 Å². The lowest BCUT2D eigenvalue weighted by Gasteiger charge is -2.09. The molecule has 10 heteroatoms. The van der Waals surface area contributed by atoms with Gasteiger partial charge in [-0.3, -0.25) is 14.2 Å². The van der Waals surface area contributed by atoms with Crippen molar-refractivity contribution in [2.45, 2.75) is 19.9 Å². The van der Waals surface area contributed by atoms with Crippen molar-refractivity contribution in [1.82, 2.24) is 19.6 Å². The summed E-state index contributed by atoms with van der Waals surface area (Å²) >= 11 is 0. The van der Waals surface area contributed by atoms with E-state index < -0.39 is 17.8 Å². The summed E-state index contributed by atoms with van der Waals surface area (Å²) in [4.78, 5) is 34.9. The second-order valence-corrected chi connectivity index (χ2v) is 4.79. The van der Waals surface area contributed by atoms with Crippen molar-refractivity contribution in [3.8, 4) is 0 Å². The molecule has 2 heterocycles. The number of hydrogen-bond acceptors (Lipinski definition) is 6. The number of ether oxygens (including phenoxy) is 1. The lowest BCUT2D eigenvalue weighted by Crippen LogP contribution is -2.20. The first-order valence-corrected chi connectivity index (χ1v) is 7.18. The van der Waals surface area contributed by atoms with Gasteiger partial charge in [-0.05, 0) is 13.0 Å². The predicted molar refractivity (Wildman–Crippen MR) is 81.6 cm³/mol. The average molecular weight is 335 g/mol. The molecule has 0 saturated heterocycles. The highest BCUT2D eigenvalue weighted by atomic mass is 16.5. The SMILES string of the molecule is CCOC(=O)c1cnn(C)c1NC(=O)CCn1nccc1C(=O)O. The van der Waals surface area contributed by atoms with E-state index in [4.69, 9.17) is 9.84 Å². The highest BCUT2D eigenvalue weighted by Crippen LogP contribution is 2.15. The largest absolute Gasteiger partial charge is 0.477 e. The van der Waals surface area contributed by atoms with Gasteiger partial charge in [0, 0.05) is 19.7 Å². The number of carbonyl (C=O) groups excluding carboxylic acids is 2. The summed E-state index contributed by atoms with van der Waals surface area (Å²) in [7, 11) is 1.58. The Hall–Kier alpha value is -3.17. The number of rotatable bonds is 7. The third-order valence-corrected chi connectivity index (χ3v) is 3.18. The van der Waals surface area contributed by atoms with Crippen molar-refractivity contribution in [1.29, 1.82) is 0 Å². The van der Waals surface area contributed by atoms with Crippen LogP contribution in [0.15, 0.2) is 18.5 Å². The molecule has 0 radical (unpaired) electrons. The van der Waals surface area contributed by atoms with Crippen LogP contribution in [0.2, 0.25) is 0 Å². The Morgan fingerprint density at radius 3 is 2.75 bits per heavy atom. The summed E-state index contributed by atoms with van der Waals surface area (Å²) in [5.41, 5.74) is 0.147. The monoisotopic (exact) mass is 335 g/mol. The third kappa shape index (κ3) is 3.77. The van der Waals surface area contributed by atoms with E-state index in [1.54, 1.807) is 14.0 Å². The minimum Gasteiger partial charge on any atom is -0.477 e. The molecule has 0 saturated carbocycles. The molecule has 2 rings (SSSR count).